The quantitative estimate of drug-likeness (QED) is 0.209. The van der Waals surface area contributed by atoms with E-state index in [0.717, 1.165) is 6.42 Å². The van der Waals surface area contributed by atoms with Gasteiger partial charge in [0.05, 0.1) is 0 Å². The van der Waals surface area contributed by atoms with Crippen molar-refractivity contribution in [2.75, 3.05) is 0 Å². The van der Waals surface area contributed by atoms with Crippen LogP contribution in [0.3, 0.4) is 0 Å². The minimum Gasteiger partial charge on any atom is -1.00 e. The molecule has 0 radical (unpaired) electrons. The summed E-state index contributed by atoms with van der Waals surface area (Å²) in [6, 6.07) is 17.8. The molecule has 1 aliphatic carbocycles. The van der Waals surface area contributed by atoms with E-state index >= 15 is 0 Å². The molecule has 3 aromatic rings. The molecular formula is C21H19HfI2-3. The van der Waals surface area contributed by atoms with Crippen LogP contribution in [0.2, 0.25) is 0 Å². The van der Waals surface area contributed by atoms with Gasteiger partial charge in [-0.2, -0.15) is 0 Å². The number of fused-ring (bicyclic) bond motifs is 3. The van der Waals surface area contributed by atoms with E-state index in [1.165, 1.54) is 51.1 Å². The first-order chi connectivity index (χ1) is 10.4. The topological polar surface area (TPSA) is 0 Å². The molecule has 24 heavy (non-hydrogen) atoms. The molecule has 124 valence electrons. The molecule has 0 spiro atoms. The first kappa shape index (κ1) is 22.2. The van der Waals surface area contributed by atoms with Crippen LogP contribution in [0.1, 0.15) is 31.7 Å². The SMILES string of the molecule is CCCC1=C(c2cccc3c2[cH-]c2ccccc23)CC=C1.[Hf].[I-].[I-]. The molecule has 0 N–H and O–H groups in total. The van der Waals surface area contributed by atoms with Gasteiger partial charge in [-0.15, -0.1) is 33.7 Å². The summed E-state index contributed by atoms with van der Waals surface area (Å²) in [6.07, 6.45) is 8.10. The van der Waals surface area contributed by atoms with E-state index in [-0.39, 0.29) is 73.8 Å². The monoisotopic (exact) mass is 705 g/mol. The molecule has 0 unspecified atom stereocenters. The molecule has 0 atom stereocenters. The average molecular weight is 704 g/mol. The second kappa shape index (κ2) is 9.72. The summed E-state index contributed by atoms with van der Waals surface area (Å²) in [7, 11) is 0. The minimum absolute atomic E-state index is 0. The van der Waals surface area contributed by atoms with Crippen molar-refractivity contribution < 1.29 is 73.8 Å². The normalized spacial score (nSPS) is 12.9. The number of rotatable bonds is 3. The Balaban J connectivity index is 0.000000960. The standard InChI is InChI=1S/C21H19.Hf.2HI/c1-2-7-15-9-5-11-17(15)19-12-6-13-20-18-10-4-3-8-16(18)14-21(19)20;;;/h3-6,8-10,12-14H,2,7,11H2,1H3;;2*1H/q-1;;;/p-2. The van der Waals surface area contributed by atoms with Gasteiger partial charge in [0, 0.05) is 25.8 Å². The zero-order valence-electron chi connectivity index (χ0n) is 13.7. The number of halogens is 2. The van der Waals surface area contributed by atoms with E-state index < -0.39 is 0 Å². The molecule has 0 fully saturated rings. The van der Waals surface area contributed by atoms with Crippen LogP contribution < -0.4 is 48.0 Å². The fourth-order valence-electron chi connectivity index (χ4n) is 3.58. The molecule has 3 aromatic carbocycles. The minimum atomic E-state index is 0. The van der Waals surface area contributed by atoms with Crippen molar-refractivity contribution in [3.05, 3.63) is 71.8 Å². The Kier molecular flexibility index (Phi) is 8.97. The largest absolute Gasteiger partial charge is 1.00 e. The van der Waals surface area contributed by atoms with Crippen molar-refractivity contribution in [2.45, 2.75) is 26.2 Å². The van der Waals surface area contributed by atoms with Crippen molar-refractivity contribution in [1.82, 2.24) is 0 Å². The maximum absolute atomic E-state index is 2.36. The summed E-state index contributed by atoms with van der Waals surface area (Å²) in [4.78, 5) is 0. The van der Waals surface area contributed by atoms with Crippen LogP contribution in [-0.4, -0.2) is 0 Å². The van der Waals surface area contributed by atoms with Crippen molar-refractivity contribution in [3.63, 3.8) is 0 Å². The van der Waals surface area contributed by atoms with Gasteiger partial charge in [-0.3, -0.25) is 0 Å². The Hall–Kier alpha value is 0.120. The van der Waals surface area contributed by atoms with Gasteiger partial charge in [0.25, 0.3) is 0 Å². The molecule has 0 aromatic heterocycles. The van der Waals surface area contributed by atoms with Crippen LogP contribution >= 0.6 is 0 Å². The van der Waals surface area contributed by atoms with Crippen molar-refractivity contribution in [1.29, 1.82) is 0 Å². The molecule has 0 amide bonds. The number of allylic oxidation sites excluding steroid dienone is 4. The first-order valence-electron chi connectivity index (χ1n) is 7.84. The van der Waals surface area contributed by atoms with Crippen LogP contribution in [0, 0.1) is 0 Å². The third kappa shape index (κ3) is 3.93. The van der Waals surface area contributed by atoms with E-state index in [0.29, 0.717) is 0 Å². The van der Waals surface area contributed by atoms with E-state index in [1.807, 2.05) is 0 Å². The summed E-state index contributed by atoms with van der Waals surface area (Å²) in [6.45, 7) is 2.26. The van der Waals surface area contributed by atoms with E-state index in [2.05, 4.69) is 67.6 Å². The van der Waals surface area contributed by atoms with E-state index in [1.54, 1.807) is 0 Å². The van der Waals surface area contributed by atoms with Crippen molar-refractivity contribution in [2.24, 2.45) is 0 Å². The zero-order valence-corrected chi connectivity index (χ0v) is 21.6. The molecule has 0 nitrogen and oxygen atoms in total. The van der Waals surface area contributed by atoms with Crippen LogP contribution in [0.4, 0.5) is 0 Å². The molecule has 0 saturated carbocycles. The summed E-state index contributed by atoms with van der Waals surface area (Å²) in [5, 5.41) is 5.52. The van der Waals surface area contributed by atoms with E-state index in [4.69, 9.17) is 0 Å². The van der Waals surface area contributed by atoms with Crippen LogP contribution in [0.15, 0.2) is 66.3 Å². The van der Waals surface area contributed by atoms with E-state index in [9.17, 15) is 0 Å². The summed E-state index contributed by atoms with van der Waals surface area (Å²) < 4.78 is 0. The molecule has 0 saturated heterocycles. The Bertz CT molecular complexity index is 887. The van der Waals surface area contributed by atoms with Gasteiger partial charge in [-0.05, 0) is 12.8 Å². The van der Waals surface area contributed by atoms with Gasteiger partial charge in [-0.1, -0.05) is 78.6 Å². The third-order valence-corrected chi connectivity index (χ3v) is 4.53. The van der Waals surface area contributed by atoms with Crippen molar-refractivity contribution in [3.8, 4) is 0 Å². The maximum Gasteiger partial charge on any atom is 0 e. The summed E-state index contributed by atoms with van der Waals surface area (Å²) in [5.41, 5.74) is 4.48. The summed E-state index contributed by atoms with van der Waals surface area (Å²) in [5.74, 6) is 0. The fraction of sp³-hybridized carbons (Fsp3) is 0.190. The van der Waals surface area contributed by atoms with Crippen LogP contribution in [0.5, 0.6) is 0 Å². The molecule has 0 heterocycles. The average Bonchev–Trinajstić information content (AvgIpc) is 3.11. The number of hydrogen-bond donors (Lipinski definition) is 0. The van der Waals surface area contributed by atoms with Crippen LogP contribution in [-0.2, 0) is 25.8 Å². The molecular weight excluding hydrogens is 685 g/mol. The third-order valence-electron chi connectivity index (χ3n) is 4.53. The van der Waals surface area contributed by atoms with Crippen molar-refractivity contribution >= 4 is 27.1 Å². The van der Waals surface area contributed by atoms with Gasteiger partial charge < -0.3 is 48.0 Å². The van der Waals surface area contributed by atoms with Gasteiger partial charge in [0.1, 0.15) is 0 Å². The predicted molar refractivity (Wildman–Crippen MR) is 92.6 cm³/mol. The molecule has 0 aliphatic heterocycles. The smallest absolute Gasteiger partial charge is 0 e. The molecule has 1 aliphatic rings. The first-order valence-corrected chi connectivity index (χ1v) is 7.84. The Labute approximate surface area is 197 Å². The Morgan fingerprint density at radius 3 is 2.50 bits per heavy atom. The molecule has 3 heteroatoms. The van der Waals surface area contributed by atoms with Gasteiger partial charge in [0.2, 0.25) is 0 Å². The van der Waals surface area contributed by atoms with Gasteiger partial charge in [-0.25, -0.2) is 0 Å². The molecule has 0 bridgehead atoms. The second-order valence-electron chi connectivity index (χ2n) is 5.86. The second-order valence-corrected chi connectivity index (χ2v) is 5.86. The number of benzene rings is 2. The van der Waals surface area contributed by atoms with Gasteiger partial charge >= 0.3 is 0 Å². The fourth-order valence-corrected chi connectivity index (χ4v) is 3.58. The Morgan fingerprint density at radius 1 is 0.958 bits per heavy atom. The zero-order chi connectivity index (χ0) is 14.2. The summed E-state index contributed by atoms with van der Waals surface area (Å²) >= 11 is 0. The predicted octanol–water partition coefficient (Wildman–Crippen LogP) is 0.231. The van der Waals surface area contributed by atoms with Gasteiger partial charge in [0.15, 0.2) is 0 Å². The Morgan fingerprint density at radius 2 is 1.71 bits per heavy atom. The maximum atomic E-state index is 2.36. The molecule has 4 rings (SSSR count). The number of hydrogen-bond acceptors (Lipinski definition) is 0. The van der Waals surface area contributed by atoms with Crippen LogP contribution in [0.25, 0.3) is 27.1 Å².